The van der Waals surface area contributed by atoms with Crippen LogP contribution in [0.5, 0.6) is 0 Å². The zero-order valence-corrected chi connectivity index (χ0v) is 13.5. The number of amides is 2. The van der Waals surface area contributed by atoms with Gasteiger partial charge in [0, 0.05) is 31.6 Å². The number of carbonyl (C=O) groups is 1. The van der Waals surface area contributed by atoms with E-state index in [1.807, 2.05) is 0 Å². The van der Waals surface area contributed by atoms with Gasteiger partial charge in [0.1, 0.15) is 10.3 Å². The van der Waals surface area contributed by atoms with Gasteiger partial charge in [-0.05, 0) is 18.6 Å². The van der Waals surface area contributed by atoms with E-state index in [0.29, 0.717) is 31.6 Å². The van der Waals surface area contributed by atoms with Gasteiger partial charge in [-0.1, -0.05) is 23.2 Å². The molecule has 3 heterocycles. The Morgan fingerprint density at radius 1 is 1.18 bits per heavy atom. The molecule has 2 saturated heterocycles. The first-order chi connectivity index (χ1) is 10.6. The van der Waals surface area contributed by atoms with Crippen LogP contribution in [-0.2, 0) is 9.47 Å². The van der Waals surface area contributed by atoms with Crippen molar-refractivity contribution >= 4 is 34.9 Å². The average Bonchev–Trinajstić information content (AvgIpc) is 2.47. The molecule has 1 N–H and O–H groups in total. The van der Waals surface area contributed by atoms with Gasteiger partial charge in [0.2, 0.25) is 0 Å². The van der Waals surface area contributed by atoms with Crippen LogP contribution in [-0.4, -0.2) is 48.0 Å². The van der Waals surface area contributed by atoms with E-state index in [2.05, 4.69) is 10.3 Å². The number of ether oxygens (including phenoxy) is 2. The summed E-state index contributed by atoms with van der Waals surface area (Å²) in [5.74, 6) is -0.502. The van der Waals surface area contributed by atoms with Crippen molar-refractivity contribution in [2.45, 2.75) is 25.0 Å². The highest BCUT2D eigenvalue weighted by molar-refractivity contribution is 6.32. The fraction of sp³-hybridized carbons (Fsp3) is 0.571. The van der Waals surface area contributed by atoms with Crippen molar-refractivity contribution in [2.75, 3.05) is 31.6 Å². The second-order valence-corrected chi connectivity index (χ2v) is 6.15. The molecule has 0 bridgehead atoms. The maximum atomic E-state index is 12.3. The molecule has 0 aliphatic carbocycles. The lowest BCUT2D eigenvalue weighted by atomic mass is 10.0. The lowest BCUT2D eigenvalue weighted by Crippen LogP contribution is -2.52. The molecule has 2 aliphatic rings. The summed E-state index contributed by atoms with van der Waals surface area (Å²) >= 11 is 11.6. The van der Waals surface area contributed by atoms with Gasteiger partial charge < -0.3 is 19.7 Å². The van der Waals surface area contributed by atoms with Crippen molar-refractivity contribution in [3.8, 4) is 0 Å². The predicted molar refractivity (Wildman–Crippen MR) is 83.3 cm³/mol. The first kappa shape index (κ1) is 15.8. The van der Waals surface area contributed by atoms with Gasteiger partial charge in [0.05, 0.1) is 13.2 Å². The van der Waals surface area contributed by atoms with Gasteiger partial charge >= 0.3 is 6.03 Å². The number of nitrogens with one attached hydrogen (secondary N) is 1. The number of likely N-dealkylation sites (tertiary alicyclic amines) is 1. The summed E-state index contributed by atoms with van der Waals surface area (Å²) < 4.78 is 11.5. The third-order valence-corrected chi connectivity index (χ3v) is 4.23. The third-order valence-electron chi connectivity index (χ3n) is 3.85. The molecule has 6 nitrogen and oxygen atoms in total. The van der Waals surface area contributed by atoms with E-state index in [0.717, 1.165) is 19.6 Å². The Morgan fingerprint density at radius 3 is 2.36 bits per heavy atom. The number of carbonyl (C=O) groups excluding carboxylic acids is 1. The Hall–Kier alpha value is -1.08. The normalized spacial score (nSPS) is 20.9. The Morgan fingerprint density at radius 2 is 1.77 bits per heavy atom. The standard InChI is InChI=1S/C14H17Cl2N3O3/c15-11-8-10(9-12(16)18-11)17-13(20)19-4-2-14(3-5-19)21-6-1-7-22-14/h8-9H,1-7H2,(H,17,18,20). The third kappa shape index (κ3) is 3.63. The average molecular weight is 346 g/mol. The molecule has 0 saturated carbocycles. The number of halogens is 2. The van der Waals surface area contributed by atoms with E-state index in [-0.39, 0.29) is 16.3 Å². The molecule has 1 aromatic heterocycles. The number of pyridine rings is 1. The summed E-state index contributed by atoms with van der Waals surface area (Å²) in [5.41, 5.74) is 0.528. The number of anilines is 1. The molecule has 0 unspecified atom stereocenters. The number of rotatable bonds is 1. The predicted octanol–water partition coefficient (Wildman–Crippen LogP) is 3.15. The molecule has 120 valence electrons. The molecule has 0 aromatic carbocycles. The number of piperidine rings is 1. The lowest BCUT2D eigenvalue weighted by molar-refractivity contribution is -0.281. The van der Waals surface area contributed by atoms with Crippen molar-refractivity contribution < 1.29 is 14.3 Å². The molecular weight excluding hydrogens is 329 g/mol. The summed E-state index contributed by atoms with van der Waals surface area (Å²) in [5, 5.41) is 3.26. The monoisotopic (exact) mass is 345 g/mol. The molecule has 22 heavy (non-hydrogen) atoms. The van der Waals surface area contributed by atoms with E-state index in [1.54, 1.807) is 17.0 Å². The van der Waals surface area contributed by atoms with Crippen LogP contribution < -0.4 is 5.32 Å². The van der Waals surface area contributed by atoms with Crippen LogP contribution in [0.3, 0.4) is 0 Å². The highest BCUT2D eigenvalue weighted by Gasteiger charge is 2.39. The quantitative estimate of drug-likeness (QED) is 0.794. The summed E-state index contributed by atoms with van der Waals surface area (Å²) in [4.78, 5) is 17.9. The van der Waals surface area contributed by atoms with E-state index < -0.39 is 5.79 Å². The van der Waals surface area contributed by atoms with Crippen LogP contribution in [0.1, 0.15) is 19.3 Å². The Balaban J connectivity index is 1.57. The van der Waals surface area contributed by atoms with E-state index in [4.69, 9.17) is 32.7 Å². The maximum absolute atomic E-state index is 12.3. The van der Waals surface area contributed by atoms with Crippen molar-refractivity contribution in [2.24, 2.45) is 0 Å². The number of aromatic nitrogens is 1. The molecule has 1 spiro atoms. The summed E-state index contributed by atoms with van der Waals surface area (Å²) in [6.07, 6.45) is 2.28. The van der Waals surface area contributed by atoms with Crippen molar-refractivity contribution in [3.63, 3.8) is 0 Å². The zero-order chi connectivity index (χ0) is 15.6. The van der Waals surface area contributed by atoms with Gasteiger partial charge in [-0.15, -0.1) is 0 Å². The molecule has 8 heteroatoms. The minimum atomic E-state index is -0.502. The Bertz CT molecular complexity index is 534. The van der Waals surface area contributed by atoms with Gasteiger partial charge in [0.15, 0.2) is 5.79 Å². The molecule has 2 fully saturated rings. The zero-order valence-electron chi connectivity index (χ0n) is 12.0. The molecule has 3 rings (SSSR count). The minimum Gasteiger partial charge on any atom is -0.350 e. The number of urea groups is 1. The Labute approximate surface area is 138 Å². The van der Waals surface area contributed by atoms with Gasteiger partial charge in [-0.2, -0.15) is 0 Å². The van der Waals surface area contributed by atoms with Crippen molar-refractivity contribution in [1.82, 2.24) is 9.88 Å². The van der Waals surface area contributed by atoms with E-state index >= 15 is 0 Å². The van der Waals surface area contributed by atoms with Gasteiger partial charge in [-0.25, -0.2) is 9.78 Å². The van der Waals surface area contributed by atoms with E-state index in [1.165, 1.54) is 0 Å². The second kappa shape index (κ2) is 6.58. The smallest absolute Gasteiger partial charge is 0.321 e. The number of nitrogens with zero attached hydrogens (tertiary/aromatic N) is 2. The first-order valence-corrected chi connectivity index (χ1v) is 7.99. The first-order valence-electron chi connectivity index (χ1n) is 7.23. The molecule has 2 aliphatic heterocycles. The minimum absolute atomic E-state index is 0.191. The van der Waals surface area contributed by atoms with Crippen LogP contribution >= 0.6 is 23.2 Å². The van der Waals surface area contributed by atoms with Gasteiger partial charge in [0.25, 0.3) is 0 Å². The second-order valence-electron chi connectivity index (χ2n) is 5.38. The van der Waals surface area contributed by atoms with Crippen LogP contribution in [0.15, 0.2) is 12.1 Å². The fourth-order valence-electron chi connectivity index (χ4n) is 2.70. The van der Waals surface area contributed by atoms with Crippen LogP contribution in [0.25, 0.3) is 0 Å². The van der Waals surface area contributed by atoms with Crippen LogP contribution in [0.4, 0.5) is 10.5 Å². The summed E-state index contributed by atoms with van der Waals surface area (Å²) in [7, 11) is 0. The Kier molecular flexibility index (Phi) is 4.73. The number of hydrogen-bond acceptors (Lipinski definition) is 4. The molecule has 2 amide bonds. The van der Waals surface area contributed by atoms with Crippen LogP contribution in [0, 0.1) is 0 Å². The fourth-order valence-corrected chi connectivity index (χ4v) is 3.16. The molecule has 1 aromatic rings. The molecular formula is C14H17Cl2N3O3. The van der Waals surface area contributed by atoms with E-state index in [9.17, 15) is 4.79 Å². The SMILES string of the molecule is O=C(Nc1cc(Cl)nc(Cl)c1)N1CCC2(CC1)OCCCO2. The van der Waals surface area contributed by atoms with Crippen LogP contribution in [0.2, 0.25) is 10.3 Å². The summed E-state index contributed by atoms with van der Waals surface area (Å²) in [6.45, 7) is 2.61. The summed E-state index contributed by atoms with van der Waals surface area (Å²) in [6, 6.07) is 2.93. The molecule has 0 atom stereocenters. The van der Waals surface area contributed by atoms with Crippen molar-refractivity contribution in [1.29, 1.82) is 0 Å². The lowest BCUT2D eigenvalue weighted by Gasteiger charge is -2.43. The topological polar surface area (TPSA) is 63.7 Å². The number of hydrogen-bond donors (Lipinski definition) is 1. The highest BCUT2D eigenvalue weighted by atomic mass is 35.5. The highest BCUT2D eigenvalue weighted by Crippen LogP contribution is 2.31. The largest absolute Gasteiger partial charge is 0.350 e. The molecule has 0 radical (unpaired) electrons. The maximum Gasteiger partial charge on any atom is 0.321 e. The van der Waals surface area contributed by atoms with Gasteiger partial charge in [-0.3, -0.25) is 0 Å². The van der Waals surface area contributed by atoms with Crippen molar-refractivity contribution in [3.05, 3.63) is 22.4 Å².